The zero-order valence-electron chi connectivity index (χ0n) is 10.5. The van der Waals surface area contributed by atoms with E-state index >= 15 is 0 Å². The summed E-state index contributed by atoms with van der Waals surface area (Å²) >= 11 is 0. The van der Waals surface area contributed by atoms with Crippen LogP contribution in [0.15, 0.2) is 5.11 Å². The molecular weight excluding hydrogens is 296 g/mol. The average molecular weight is 306 g/mol. The third-order valence-corrected chi connectivity index (χ3v) is 2.40. The van der Waals surface area contributed by atoms with Gasteiger partial charge in [-0.05, 0) is 5.53 Å². The van der Waals surface area contributed by atoms with Gasteiger partial charge in [-0.3, -0.25) is 4.90 Å². The van der Waals surface area contributed by atoms with Crippen molar-refractivity contribution in [3.05, 3.63) is 40.8 Å². The maximum atomic E-state index is 10.8. The van der Waals surface area contributed by atoms with Gasteiger partial charge in [0.1, 0.15) is 13.3 Å². The first kappa shape index (κ1) is 15.9. The van der Waals surface area contributed by atoms with Crippen LogP contribution in [0.25, 0.3) is 10.4 Å². The summed E-state index contributed by atoms with van der Waals surface area (Å²) < 4.78 is 0. The fourth-order valence-electron chi connectivity index (χ4n) is 1.53. The Bertz CT molecular complexity index is 451. The lowest BCUT2D eigenvalue weighted by Crippen LogP contribution is -2.58. The summed E-state index contributed by atoms with van der Waals surface area (Å²) in [6.07, 6.45) is 0. The second kappa shape index (κ2) is 6.87. The summed E-state index contributed by atoms with van der Waals surface area (Å²) in [5.41, 5.74) is 8.23. The highest BCUT2D eigenvalue weighted by Gasteiger charge is 2.35. The van der Waals surface area contributed by atoms with Crippen LogP contribution in [0.2, 0.25) is 0 Å². The first-order valence-electron chi connectivity index (χ1n) is 5.26. The molecule has 16 heteroatoms. The summed E-state index contributed by atoms with van der Waals surface area (Å²) in [5.74, 6) is 0. The predicted molar refractivity (Wildman–Crippen MR) is 61.8 cm³/mol. The topological polar surface area (TPSA) is 191 Å². The normalized spacial score (nSPS) is 16.7. The van der Waals surface area contributed by atoms with Crippen LogP contribution >= 0.6 is 0 Å². The number of nitrogens with zero attached hydrogens (tertiary/aromatic N) is 10. The maximum absolute atomic E-state index is 10.8. The molecule has 16 nitrogen and oxygen atoms in total. The Labute approximate surface area is 115 Å². The molecule has 0 unspecified atom stereocenters. The van der Waals surface area contributed by atoms with Crippen molar-refractivity contribution in [2.24, 2.45) is 5.11 Å². The van der Waals surface area contributed by atoms with Crippen molar-refractivity contribution in [3.8, 4) is 0 Å². The molecule has 0 amide bonds. The van der Waals surface area contributed by atoms with Crippen LogP contribution in [-0.4, -0.2) is 68.4 Å². The van der Waals surface area contributed by atoms with Gasteiger partial charge in [-0.15, -0.1) is 0 Å². The molecule has 1 heterocycles. The van der Waals surface area contributed by atoms with Gasteiger partial charge in [0.2, 0.25) is 13.3 Å². The van der Waals surface area contributed by atoms with Crippen LogP contribution < -0.4 is 0 Å². The number of azide groups is 1. The van der Waals surface area contributed by atoms with E-state index in [0.29, 0.717) is 15.0 Å². The maximum Gasteiger partial charge on any atom is 0.211 e. The predicted octanol–water partition coefficient (Wildman–Crippen LogP) is -1.12. The number of rotatable bonds is 5. The van der Waals surface area contributed by atoms with Gasteiger partial charge in [0.15, 0.2) is 15.1 Å². The minimum atomic E-state index is -0.962. The highest BCUT2D eigenvalue weighted by Crippen LogP contribution is 2.07. The van der Waals surface area contributed by atoms with E-state index in [4.69, 9.17) is 5.53 Å². The van der Waals surface area contributed by atoms with Crippen LogP contribution in [0.5, 0.6) is 0 Å². The molecule has 0 atom stereocenters. The van der Waals surface area contributed by atoms with E-state index in [1.165, 1.54) is 0 Å². The van der Waals surface area contributed by atoms with Crippen LogP contribution in [0.3, 0.4) is 0 Å². The molecule has 0 saturated carbocycles. The molecule has 0 aliphatic carbocycles. The van der Waals surface area contributed by atoms with E-state index in [-0.39, 0.29) is 6.67 Å². The van der Waals surface area contributed by atoms with E-state index in [1.807, 2.05) is 0 Å². The molecule has 116 valence electrons. The largest absolute Gasteiger partial charge is 0.253 e. The van der Waals surface area contributed by atoms with E-state index in [2.05, 4.69) is 10.0 Å². The molecule has 0 aromatic carbocycles. The van der Waals surface area contributed by atoms with Crippen molar-refractivity contribution in [1.29, 1.82) is 0 Å². The molecular formula is C5H10N10O6. The third kappa shape index (κ3) is 4.48. The van der Waals surface area contributed by atoms with Crippen molar-refractivity contribution < 1.29 is 15.1 Å². The molecule has 1 fully saturated rings. The van der Waals surface area contributed by atoms with Crippen LogP contribution in [0.1, 0.15) is 0 Å². The minimum Gasteiger partial charge on any atom is -0.253 e. The number of hydrogen-bond donors (Lipinski definition) is 0. The lowest BCUT2D eigenvalue weighted by Gasteiger charge is -2.31. The molecule has 0 spiro atoms. The zero-order valence-corrected chi connectivity index (χ0v) is 10.5. The number of hydrogen-bond acceptors (Lipinski definition) is 8. The molecule has 0 aromatic heterocycles. The van der Waals surface area contributed by atoms with Gasteiger partial charge in [0.25, 0.3) is 0 Å². The SMILES string of the molecule is [N-]=[N+]=NCN1CN([N+](=O)[O-])CN([N+](=O)[O-])CN([N+](=O)[O-])C1. The van der Waals surface area contributed by atoms with Gasteiger partial charge in [0.05, 0.1) is 6.67 Å². The van der Waals surface area contributed by atoms with E-state index < -0.39 is 41.8 Å². The molecule has 1 aliphatic heterocycles. The highest BCUT2D eigenvalue weighted by molar-refractivity contribution is 4.58. The third-order valence-electron chi connectivity index (χ3n) is 2.40. The Morgan fingerprint density at radius 1 is 0.905 bits per heavy atom. The van der Waals surface area contributed by atoms with Crippen molar-refractivity contribution in [3.63, 3.8) is 0 Å². The lowest BCUT2D eigenvalue weighted by atomic mass is 10.6. The first-order valence-corrected chi connectivity index (χ1v) is 5.26. The second-order valence-corrected chi connectivity index (χ2v) is 3.84. The fourth-order valence-corrected chi connectivity index (χ4v) is 1.53. The summed E-state index contributed by atoms with van der Waals surface area (Å²) in [7, 11) is 0. The molecule has 0 N–H and O–H groups in total. The van der Waals surface area contributed by atoms with E-state index in [1.54, 1.807) is 0 Å². The Hall–Kier alpha value is -3.13. The number of nitro groups is 3. The fraction of sp³-hybridized carbons (Fsp3) is 1.00. The molecule has 0 aromatic rings. The van der Waals surface area contributed by atoms with Gasteiger partial charge < -0.3 is 0 Å². The zero-order chi connectivity index (χ0) is 16.0. The quantitative estimate of drug-likeness (QED) is 0.197. The van der Waals surface area contributed by atoms with Gasteiger partial charge in [0, 0.05) is 4.91 Å². The van der Waals surface area contributed by atoms with Crippen LogP contribution in [0, 0.1) is 30.3 Å². The summed E-state index contributed by atoms with van der Waals surface area (Å²) in [4.78, 5) is 36.0. The van der Waals surface area contributed by atoms with Gasteiger partial charge >= 0.3 is 0 Å². The van der Waals surface area contributed by atoms with Crippen LogP contribution in [-0.2, 0) is 0 Å². The minimum absolute atomic E-state index is 0.330. The molecule has 1 rings (SSSR count). The molecule has 0 radical (unpaired) electrons. The summed E-state index contributed by atoms with van der Waals surface area (Å²) in [5, 5.41) is 34.2. The number of hydrazine groups is 3. The van der Waals surface area contributed by atoms with Crippen molar-refractivity contribution in [2.45, 2.75) is 0 Å². The smallest absolute Gasteiger partial charge is 0.211 e. The van der Waals surface area contributed by atoms with Gasteiger partial charge in [-0.1, -0.05) is 20.1 Å². The standard InChI is InChI=1S/C5H10N10O6/c6-8-7-1-9-2-10(13(16)17)4-12(15(20)21)5-11(3-9)14(18)19/h1-5H2. The Morgan fingerprint density at radius 2 is 1.29 bits per heavy atom. The monoisotopic (exact) mass is 306 g/mol. The van der Waals surface area contributed by atoms with E-state index in [0.717, 1.165) is 4.90 Å². The Morgan fingerprint density at radius 3 is 1.62 bits per heavy atom. The average Bonchev–Trinajstić information content (AvgIpc) is 2.36. The molecule has 21 heavy (non-hydrogen) atoms. The van der Waals surface area contributed by atoms with Crippen molar-refractivity contribution >= 4 is 0 Å². The lowest BCUT2D eigenvalue weighted by molar-refractivity contribution is -0.745. The Kier molecular flexibility index (Phi) is 5.21. The summed E-state index contributed by atoms with van der Waals surface area (Å²) in [6.45, 7) is -2.86. The highest BCUT2D eigenvalue weighted by atomic mass is 16.7. The van der Waals surface area contributed by atoms with Gasteiger partial charge in [-0.25, -0.2) is 30.3 Å². The molecule has 0 bridgehead atoms. The van der Waals surface area contributed by atoms with E-state index in [9.17, 15) is 30.3 Å². The molecule has 1 saturated heterocycles. The van der Waals surface area contributed by atoms with Crippen molar-refractivity contribution in [1.82, 2.24) is 19.9 Å². The second-order valence-electron chi connectivity index (χ2n) is 3.84. The molecule has 1 aliphatic rings. The van der Waals surface area contributed by atoms with Crippen molar-refractivity contribution in [2.75, 3.05) is 33.3 Å². The Balaban J connectivity index is 2.98. The van der Waals surface area contributed by atoms with Crippen LogP contribution in [0.4, 0.5) is 0 Å². The van der Waals surface area contributed by atoms with Gasteiger partial charge in [-0.2, -0.15) is 0 Å². The summed E-state index contributed by atoms with van der Waals surface area (Å²) in [6, 6.07) is 0. The first-order chi connectivity index (χ1) is 9.85.